The molecule has 1 fully saturated rings. The van der Waals surface area contributed by atoms with Gasteiger partial charge in [0, 0.05) is 20.7 Å². The van der Waals surface area contributed by atoms with Gasteiger partial charge >= 0.3 is 0 Å². The summed E-state index contributed by atoms with van der Waals surface area (Å²) in [6, 6.07) is 16.2. The fraction of sp³-hybridized carbons (Fsp3) is 0.176. The van der Waals surface area contributed by atoms with Crippen LogP contribution in [-0.4, -0.2) is 5.75 Å². The molecule has 0 spiro atoms. The molecule has 0 bridgehead atoms. The van der Waals surface area contributed by atoms with Gasteiger partial charge < -0.3 is 0 Å². The van der Waals surface area contributed by atoms with Gasteiger partial charge in [-0.1, -0.05) is 59.1 Å². The second-order valence-electron chi connectivity index (χ2n) is 4.91. The molecule has 0 aliphatic heterocycles. The number of thioether (sulfide) groups is 1. The maximum absolute atomic E-state index is 6.19. The number of hydrogen-bond acceptors (Lipinski definition) is 1. The van der Waals surface area contributed by atoms with Crippen LogP contribution in [0.4, 0.5) is 0 Å². The van der Waals surface area contributed by atoms with Gasteiger partial charge in [0.25, 0.3) is 0 Å². The summed E-state index contributed by atoms with van der Waals surface area (Å²) in [6.45, 7) is 0. The summed E-state index contributed by atoms with van der Waals surface area (Å²) < 4.78 is 0. The zero-order chi connectivity index (χ0) is 13.9. The van der Waals surface area contributed by atoms with Gasteiger partial charge in [-0.25, -0.2) is 0 Å². The second-order valence-corrected chi connectivity index (χ2v) is 6.85. The minimum atomic E-state index is 0.684. The molecule has 0 nitrogen and oxygen atoms in total. The van der Waals surface area contributed by atoms with Crippen molar-refractivity contribution in [1.82, 2.24) is 0 Å². The van der Waals surface area contributed by atoms with E-state index in [9.17, 15) is 0 Å². The van der Waals surface area contributed by atoms with Crippen molar-refractivity contribution in [3.63, 3.8) is 0 Å². The van der Waals surface area contributed by atoms with Gasteiger partial charge in [0.05, 0.1) is 0 Å². The molecule has 1 saturated carbocycles. The first-order chi connectivity index (χ1) is 9.72. The zero-order valence-electron chi connectivity index (χ0n) is 10.9. The van der Waals surface area contributed by atoms with Crippen molar-refractivity contribution in [3.8, 4) is 0 Å². The molecule has 1 unspecified atom stereocenters. The monoisotopic (exact) mass is 320 g/mol. The van der Waals surface area contributed by atoms with E-state index in [4.69, 9.17) is 23.2 Å². The standard InChI is InChI=1S/C17H14Cl2S/c18-15-7-6-12(17(19)10-15)8-13-9-14(13)11-20-16-4-2-1-3-5-16/h1-8,10,14H,9,11H2/b13-8+. The predicted molar refractivity (Wildman–Crippen MR) is 89.7 cm³/mol. The Morgan fingerprint density at radius 3 is 2.65 bits per heavy atom. The fourth-order valence-electron chi connectivity index (χ4n) is 2.10. The summed E-state index contributed by atoms with van der Waals surface area (Å²) in [5, 5.41) is 1.41. The van der Waals surface area contributed by atoms with E-state index in [1.807, 2.05) is 23.9 Å². The van der Waals surface area contributed by atoms with Crippen LogP contribution in [0, 0.1) is 5.92 Å². The van der Waals surface area contributed by atoms with Gasteiger partial charge in [0.1, 0.15) is 0 Å². The molecule has 0 amide bonds. The quantitative estimate of drug-likeness (QED) is 0.605. The summed E-state index contributed by atoms with van der Waals surface area (Å²) in [4.78, 5) is 1.34. The van der Waals surface area contributed by atoms with Crippen LogP contribution >= 0.6 is 35.0 Å². The Balaban J connectivity index is 1.60. The second kappa shape index (κ2) is 6.26. The number of halogens is 2. The summed E-state index contributed by atoms with van der Waals surface area (Å²) in [7, 11) is 0. The van der Waals surface area contributed by atoms with Gasteiger partial charge in [-0.2, -0.15) is 0 Å². The van der Waals surface area contributed by atoms with Crippen LogP contribution in [0.1, 0.15) is 12.0 Å². The molecule has 0 N–H and O–H groups in total. The molecule has 0 aromatic heterocycles. The SMILES string of the molecule is Clc1ccc(/C=C2\CC2CSc2ccccc2)c(Cl)c1. The van der Waals surface area contributed by atoms with E-state index in [0.717, 1.165) is 16.3 Å². The maximum atomic E-state index is 6.19. The van der Waals surface area contributed by atoms with Gasteiger partial charge in [-0.05, 0) is 42.2 Å². The van der Waals surface area contributed by atoms with Crippen molar-refractivity contribution in [2.45, 2.75) is 11.3 Å². The van der Waals surface area contributed by atoms with E-state index in [-0.39, 0.29) is 0 Å². The van der Waals surface area contributed by atoms with E-state index in [2.05, 4.69) is 36.4 Å². The molecule has 0 heterocycles. The van der Waals surface area contributed by atoms with Crippen LogP contribution in [0.15, 0.2) is 59.0 Å². The van der Waals surface area contributed by atoms with E-state index >= 15 is 0 Å². The molecule has 0 radical (unpaired) electrons. The summed E-state index contributed by atoms with van der Waals surface area (Å²) >= 11 is 14.0. The van der Waals surface area contributed by atoms with Gasteiger partial charge in [0.2, 0.25) is 0 Å². The van der Waals surface area contributed by atoms with Crippen LogP contribution in [0.3, 0.4) is 0 Å². The van der Waals surface area contributed by atoms with Crippen molar-refractivity contribution in [2.24, 2.45) is 5.92 Å². The lowest BCUT2D eigenvalue weighted by Crippen LogP contribution is -1.81. The van der Waals surface area contributed by atoms with Crippen LogP contribution in [0.25, 0.3) is 6.08 Å². The highest BCUT2D eigenvalue weighted by Gasteiger charge is 2.29. The number of rotatable bonds is 4. The highest BCUT2D eigenvalue weighted by molar-refractivity contribution is 7.99. The van der Waals surface area contributed by atoms with Crippen LogP contribution < -0.4 is 0 Å². The molecule has 102 valence electrons. The van der Waals surface area contributed by atoms with Crippen molar-refractivity contribution >= 4 is 41.0 Å². The number of benzene rings is 2. The fourth-order valence-corrected chi connectivity index (χ4v) is 3.64. The minimum absolute atomic E-state index is 0.684. The topological polar surface area (TPSA) is 0 Å². The molecule has 1 aliphatic rings. The lowest BCUT2D eigenvalue weighted by Gasteiger charge is -1.99. The smallest absolute Gasteiger partial charge is 0.0493 e. The minimum Gasteiger partial charge on any atom is -0.126 e. The lowest BCUT2D eigenvalue weighted by molar-refractivity contribution is 1.04. The van der Waals surface area contributed by atoms with Crippen molar-refractivity contribution < 1.29 is 0 Å². The van der Waals surface area contributed by atoms with E-state index in [0.29, 0.717) is 10.9 Å². The zero-order valence-corrected chi connectivity index (χ0v) is 13.2. The van der Waals surface area contributed by atoms with Gasteiger partial charge in [0.15, 0.2) is 0 Å². The Labute approximate surface area is 133 Å². The van der Waals surface area contributed by atoms with Crippen LogP contribution in [0.5, 0.6) is 0 Å². The highest BCUT2D eigenvalue weighted by Crippen LogP contribution is 2.43. The lowest BCUT2D eigenvalue weighted by atomic mass is 10.2. The predicted octanol–water partition coefficient (Wildman–Crippen LogP) is 6.19. The summed E-state index contributed by atoms with van der Waals surface area (Å²) in [5.41, 5.74) is 2.55. The van der Waals surface area contributed by atoms with E-state index in [1.165, 1.54) is 16.9 Å². The third-order valence-corrected chi connectivity index (χ3v) is 5.08. The molecule has 0 saturated heterocycles. The molecule has 3 rings (SSSR count). The molecule has 2 aromatic carbocycles. The third-order valence-electron chi connectivity index (χ3n) is 3.34. The first-order valence-corrected chi connectivity index (χ1v) is 8.30. The normalized spacial score (nSPS) is 19.3. The first-order valence-electron chi connectivity index (χ1n) is 6.56. The average Bonchev–Trinajstić information content (AvgIpc) is 3.19. The Hall–Kier alpha value is -0.890. The van der Waals surface area contributed by atoms with Crippen molar-refractivity contribution in [3.05, 3.63) is 69.7 Å². The molecular weight excluding hydrogens is 307 g/mol. The first kappa shape index (κ1) is 14.1. The van der Waals surface area contributed by atoms with Crippen molar-refractivity contribution in [1.29, 1.82) is 0 Å². The Morgan fingerprint density at radius 1 is 1.10 bits per heavy atom. The largest absolute Gasteiger partial charge is 0.126 e. The summed E-state index contributed by atoms with van der Waals surface area (Å²) in [5.74, 6) is 1.83. The molecular formula is C17H14Cl2S. The van der Waals surface area contributed by atoms with Gasteiger partial charge in [-0.3, -0.25) is 0 Å². The highest BCUT2D eigenvalue weighted by atomic mass is 35.5. The Bertz CT molecular complexity index is 635. The molecule has 1 aliphatic carbocycles. The van der Waals surface area contributed by atoms with Crippen LogP contribution in [0.2, 0.25) is 10.0 Å². The number of hydrogen-bond donors (Lipinski definition) is 0. The maximum Gasteiger partial charge on any atom is 0.0493 e. The van der Waals surface area contributed by atoms with Crippen LogP contribution in [-0.2, 0) is 0 Å². The molecule has 2 aromatic rings. The van der Waals surface area contributed by atoms with E-state index < -0.39 is 0 Å². The van der Waals surface area contributed by atoms with E-state index in [1.54, 1.807) is 6.07 Å². The molecule has 20 heavy (non-hydrogen) atoms. The third kappa shape index (κ3) is 3.60. The Morgan fingerprint density at radius 2 is 1.90 bits per heavy atom. The number of allylic oxidation sites excluding steroid dienone is 1. The molecule has 1 atom stereocenters. The van der Waals surface area contributed by atoms with Crippen molar-refractivity contribution in [2.75, 3.05) is 5.75 Å². The van der Waals surface area contributed by atoms with Gasteiger partial charge in [-0.15, -0.1) is 11.8 Å². The molecule has 3 heteroatoms. The average molecular weight is 321 g/mol. The summed E-state index contributed by atoms with van der Waals surface area (Å²) in [6.07, 6.45) is 3.38. The Kier molecular flexibility index (Phi) is 4.40.